The third-order valence-corrected chi connectivity index (χ3v) is 2.47. The number of nitrogens with one attached hydrogen (secondary N) is 1. The van der Waals surface area contributed by atoms with Crippen molar-refractivity contribution >= 4 is 11.9 Å². The zero-order valence-corrected chi connectivity index (χ0v) is 9.48. The Balaban J connectivity index is 0.000000232. The van der Waals surface area contributed by atoms with Gasteiger partial charge in [0, 0.05) is 31.4 Å². The molecule has 4 N–H and O–H groups in total. The second kappa shape index (κ2) is 6.67. The van der Waals surface area contributed by atoms with Gasteiger partial charge in [-0.15, -0.1) is 0 Å². The molecule has 1 aromatic heterocycles. The van der Waals surface area contributed by atoms with E-state index in [0.717, 1.165) is 18.7 Å². The molecule has 0 saturated carbocycles. The van der Waals surface area contributed by atoms with Crippen LogP contribution in [0.5, 0.6) is 0 Å². The Morgan fingerprint density at radius 1 is 1.33 bits per heavy atom. The zero-order valence-electron chi connectivity index (χ0n) is 9.48. The average molecular weight is 254 g/mol. The number of rotatable bonds is 2. The molecule has 2 rings (SSSR count). The third-order valence-electron chi connectivity index (χ3n) is 2.47. The van der Waals surface area contributed by atoms with Crippen molar-refractivity contribution in [1.29, 1.82) is 0 Å². The quantitative estimate of drug-likeness (QED) is 0.524. The molecule has 7 heteroatoms. The summed E-state index contributed by atoms with van der Waals surface area (Å²) in [6.45, 7) is 1.83. The summed E-state index contributed by atoms with van der Waals surface area (Å²) in [4.78, 5) is 22.2. The highest BCUT2D eigenvalue weighted by molar-refractivity contribution is 6.27. The smallest absolute Gasteiger partial charge is 0.414 e. The summed E-state index contributed by atoms with van der Waals surface area (Å²) < 4.78 is 0. The van der Waals surface area contributed by atoms with Gasteiger partial charge in [-0.25, -0.2) is 9.59 Å². The van der Waals surface area contributed by atoms with Gasteiger partial charge in [0.25, 0.3) is 0 Å². The maximum Gasteiger partial charge on any atom is 0.414 e. The van der Waals surface area contributed by atoms with Crippen molar-refractivity contribution in [1.82, 2.24) is 10.3 Å². The van der Waals surface area contributed by atoms with Crippen LogP contribution in [-0.2, 0) is 9.59 Å². The van der Waals surface area contributed by atoms with Crippen LogP contribution in [0.2, 0.25) is 0 Å². The van der Waals surface area contributed by atoms with E-state index in [1.807, 2.05) is 12.1 Å². The summed E-state index contributed by atoms with van der Waals surface area (Å²) in [7, 11) is 0. The molecule has 0 radical (unpaired) electrons. The number of carboxylic acids is 2. The van der Waals surface area contributed by atoms with Crippen molar-refractivity contribution in [3.05, 3.63) is 30.1 Å². The second-order valence-electron chi connectivity index (χ2n) is 3.76. The van der Waals surface area contributed by atoms with E-state index in [2.05, 4.69) is 10.3 Å². The van der Waals surface area contributed by atoms with Crippen LogP contribution in [0, 0.1) is 5.92 Å². The van der Waals surface area contributed by atoms with Gasteiger partial charge in [0.05, 0.1) is 6.10 Å². The molecule has 0 aliphatic carbocycles. The first-order valence-corrected chi connectivity index (χ1v) is 5.27. The van der Waals surface area contributed by atoms with Gasteiger partial charge in [-0.05, 0) is 11.6 Å². The fourth-order valence-electron chi connectivity index (χ4n) is 1.36. The lowest BCUT2D eigenvalue weighted by Crippen LogP contribution is -2.45. The van der Waals surface area contributed by atoms with Crippen molar-refractivity contribution in [2.75, 3.05) is 13.1 Å². The van der Waals surface area contributed by atoms with E-state index in [0.29, 0.717) is 5.92 Å². The molecule has 18 heavy (non-hydrogen) atoms. The van der Waals surface area contributed by atoms with Crippen LogP contribution in [0.25, 0.3) is 0 Å². The van der Waals surface area contributed by atoms with Crippen molar-refractivity contribution < 1.29 is 24.9 Å². The number of pyridine rings is 1. The molecule has 0 bridgehead atoms. The van der Waals surface area contributed by atoms with E-state index in [4.69, 9.17) is 19.8 Å². The summed E-state index contributed by atoms with van der Waals surface area (Å²) in [5.74, 6) is -3.28. The number of hydrogen-bond acceptors (Lipinski definition) is 5. The van der Waals surface area contributed by atoms with Crippen LogP contribution in [0.15, 0.2) is 24.5 Å². The highest BCUT2D eigenvalue weighted by Gasteiger charge is 2.26. The second-order valence-corrected chi connectivity index (χ2v) is 3.76. The maximum absolute atomic E-state index is 9.76. The SMILES string of the molecule is O=C(O)C(=O)O.OC(c1cccnc1)C1CNC1. The topological polar surface area (TPSA) is 120 Å². The van der Waals surface area contributed by atoms with Gasteiger partial charge in [0.2, 0.25) is 0 Å². The largest absolute Gasteiger partial charge is 0.473 e. The molecule has 0 spiro atoms. The van der Waals surface area contributed by atoms with E-state index < -0.39 is 11.9 Å². The van der Waals surface area contributed by atoms with E-state index in [1.54, 1.807) is 12.4 Å². The van der Waals surface area contributed by atoms with Crippen LogP contribution in [-0.4, -0.2) is 45.3 Å². The molecule has 1 atom stereocenters. The Morgan fingerprint density at radius 2 is 1.94 bits per heavy atom. The molecule has 1 saturated heterocycles. The summed E-state index contributed by atoms with van der Waals surface area (Å²) >= 11 is 0. The monoisotopic (exact) mass is 254 g/mol. The van der Waals surface area contributed by atoms with Crippen molar-refractivity contribution in [2.45, 2.75) is 6.10 Å². The summed E-state index contributed by atoms with van der Waals surface area (Å²) in [6, 6.07) is 3.76. The fraction of sp³-hybridized carbons (Fsp3) is 0.364. The minimum atomic E-state index is -1.82. The summed E-state index contributed by atoms with van der Waals surface area (Å²) in [5, 5.41) is 27.7. The van der Waals surface area contributed by atoms with Crippen LogP contribution < -0.4 is 5.32 Å². The standard InChI is InChI=1S/C9H12N2O.C2H2O4/c12-9(8-5-11-6-8)7-2-1-3-10-4-7;3-1(4)2(5)6/h1-4,8-9,11-12H,5-6H2;(H,3,4)(H,5,6). The first kappa shape index (κ1) is 14.1. The average Bonchev–Trinajstić information content (AvgIpc) is 2.28. The number of hydrogen-bond donors (Lipinski definition) is 4. The number of aliphatic hydroxyl groups excluding tert-OH is 1. The first-order valence-electron chi connectivity index (χ1n) is 5.27. The molecule has 0 aromatic carbocycles. The summed E-state index contributed by atoms with van der Waals surface area (Å²) in [5.41, 5.74) is 0.920. The Kier molecular flexibility index (Phi) is 5.22. The normalized spacial score (nSPS) is 15.8. The number of aliphatic hydroxyl groups is 1. The van der Waals surface area contributed by atoms with E-state index in [9.17, 15) is 5.11 Å². The van der Waals surface area contributed by atoms with Gasteiger partial charge >= 0.3 is 11.9 Å². The number of carbonyl (C=O) groups is 2. The van der Waals surface area contributed by atoms with Crippen LogP contribution in [0.1, 0.15) is 11.7 Å². The lowest BCUT2D eigenvalue weighted by atomic mass is 9.92. The molecule has 1 aromatic rings. The molecule has 1 aliphatic heterocycles. The van der Waals surface area contributed by atoms with E-state index in [-0.39, 0.29) is 6.10 Å². The Hall–Kier alpha value is -1.99. The minimum absolute atomic E-state index is 0.347. The minimum Gasteiger partial charge on any atom is -0.473 e. The maximum atomic E-state index is 9.76. The molecule has 0 amide bonds. The van der Waals surface area contributed by atoms with E-state index in [1.165, 1.54) is 0 Å². The van der Waals surface area contributed by atoms with Crippen LogP contribution in [0.4, 0.5) is 0 Å². The molecular weight excluding hydrogens is 240 g/mol. The molecular formula is C11H14N2O5. The third kappa shape index (κ3) is 4.11. The lowest BCUT2D eigenvalue weighted by molar-refractivity contribution is -0.159. The van der Waals surface area contributed by atoms with Crippen molar-refractivity contribution in [2.24, 2.45) is 5.92 Å². The molecule has 98 valence electrons. The van der Waals surface area contributed by atoms with Gasteiger partial charge in [-0.2, -0.15) is 0 Å². The van der Waals surface area contributed by atoms with Gasteiger partial charge in [0.15, 0.2) is 0 Å². The molecule has 1 aliphatic rings. The van der Waals surface area contributed by atoms with E-state index >= 15 is 0 Å². The highest BCUT2D eigenvalue weighted by atomic mass is 16.4. The number of aromatic nitrogens is 1. The number of nitrogens with zero attached hydrogens (tertiary/aromatic N) is 1. The predicted octanol–water partition coefficient (Wildman–Crippen LogP) is -0.510. The Labute approximate surface area is 103 Å². The summed E-state index contributed by atoms with van der Waals surface area (Å²) in [6.07, 6.45) is 3.10. The first-order chi connectivity index (χ1) is 8.52. The number of aliphatic carboxylic acids is 2. The van der Waals surface area contributed by atoms with Crippen molar-refractivity contribution in [3.63, 3.8) is 0 Å². The van der Waals surface area contributed by atoms with Gasteiger partial charge in [-0.3, -0.25) is 4.98 Å². The van der Waals surface area contributed by atoms with Gasteiger partial charge in [-0.1, -0.05) is 6.07 Å². The van der Waals surface area contributed by atoms with Crippen molar-refractivity contribution in [3.8, 4) is 0 Å². The molecule has 2 heterocycles. The molecule has 7 nitrogen and oxygen atoms in total. The zero-order chi connectivity index (χ0) is 13.5. The lowest BCUT2D eigenvalue weighted by Gasteiger charge is -2.31. The predicted molar refractivity (Wildman–Crippen MR) is 60.8 cm³/mol. The van der Waals surface area contributed by atoms with Crippen LogP contribution >= 0.6 is 0 Å². The highest BCUT2D eigenvalue weighted by Crippen LogP contribution is 2.23. The molecule has 1 fully saturated rings. The Morgan fingerprint density at radius 3 is 2.28 bits per heavy atom. The Bertz CT molecular complexity index is 393. The van der Waals surface area contributed by atoms with Gasteiger partial charge in [0.1, 0.15) is 0 Å². The van der Waals surface area contributed by atoms with Crippen LogP contribution in [0.3, 0.4) is 0 Å². The fourth-order valence-corrected chi connectivity index (χ4v) is 1.36. The van der Waals surface area contributed by atoms with Gasteiger partial charge < -0.3 is 20.6 Å². The molecule has 1 unspecified atom stereocenters. The number of carboxylic acid groups (broad SMARTS) is 2.